The quantitative estimate of drug-likeness (QED) is 0.860. The van der Waals surface area contributed by atoms with Crippen LogP contribution in [0.1, 0.15) is 28.5 Å². The van der Waals surface area contributed by atoms with Gasteiger partial charge in [0.05, 0.1) is 0 Å². The number of anilines is 1. The summed E-state index contributed by atoms with van der Waals surface area (Å²) in [5.74, 6) is -0.0282. The first-order chi connectivity index (χ1) is 9.31. The average Bonchev–Trinajstić information content (AvgIpc) is 2.99. The van der Waals surface area contributed by atoms with Crippen molar-refractivity contribution in [3.05, 3.63) is 47.8 Å². The van der Waals surface area contributed by atoms with Gasteiger partial charge in [-0.05, 0) is 31.2 Å². The van der Waals surface area contributed by atoms with Gasteiger partial charge in [0.2, 0.25) is 0 Å². The van der Waals surface area contributed by atoms with Crippen LogP contribution in [0.15, 0.2) is 36.5 Å². The van der Waals surface area contributed by atoms with E-state index in [0.29, 0.717) is 18.3 Å². The van der Waals surface area contributed by atoms with Crippen molar-refractivity contribution < 1.29 is 4.79 Å². The van der Waals surface area contributed by atoms with Crippen LogP contribution in [-0.2, 0) is 0 Å². The molecule has 0 spiro atoms. The second-order valence-corrected chi connectivity index (χ2v) is 4.62. The molecule has 1 aliphatic heterocycles. The number of aromatic amines is 1. The summed E-state index contributed by atoms with van der Waals surface area (Å²) < 4.78 is 0. The van der Waals surface area contributed by atoms with Crippen LogP contribution in [0.5, 0.6) is 0 Å². The Morgan fingerprint density at radius 2 is 2.26 bits per heavy atom. The number of hydrogen-bond acceptors (Lipinski definition) is 3. The first-order valence-electron chi connectivity index (χ1n) is 6.38. The molecule has 2 heterocycles. The predicted octanol–water partition coefficient (Wildman–Crippen LogP) is 1.72. The molecule has 0 fully saturated rings. The number of H-pyrrole nitrogens is 1. The second-order valence-electron chi connectivity index (χ2n) is 4.62. The van der Waals surface area contributed by atoms with Gasteiger partial charge in [0.1, 0.15) is 5.69 Å². The lowest BCUT2D eigenvalue weighted by Crippen LogP contribution is -2.39. The first kappa shape index (κ1) is 11.9. The summed E-state index contributed by atoms with van der Waals surface area (Å²) in [6.07, 6.45) is 2.51. The highest BCUT2D eigenvalue weighted by atomic mass is 16.2. The molecule has 5 heteroatoms. The number of fused-ring (bicyclic) bond motifs is 1. The van der Waals surface area contributed by atoms with Gasteiger partial charge in [-0.3, -0.25) is 9.89 Å². The number of rotatable bonds is 2. The topological polar surface area (TPSA) is 61.0 Å². The summed E-state index contributed by atoms with van der Waals surface area (Å²) >= 11 is 0. The Bertz CT molecular complexity index is 579. The molecule has 1 aromatic heterocycles. The van der Waals surface area contributed by atoms with Crippen molar-refractivity contribution in [3.63, 3.8) is 0 Å². The zero-order valence-corrected chi connectivity index (χ0v) is 10.8. The molecule has 2 aromatic rings. The van der Waals surface area contributed by atoms with Gasteiger partial charge in [0.25, 0.3) is 5.91 Å². The number of aromatic nitrogens is 2. The lowest BCUT2D eigenvalue weighted by Gasteiger charge is -2.33. The molecule has 3 rings (SSSR count). The molecule has 5 nitrogen and oxygen atoms in total. The number of hydrogen-bond donors (Lipinski definition) is 2. The average molecular weight is 256 g/mol. The van der Waals surface area contributed by atoms with Gasteiger partial charge in [0, 0.05) is 24.5 Å². The Morgan fingerprint density at radius 3 is 3.00 bits per heavy atom. The molecule has 98 valence electrons. The molecular weight excluding hydrogens is 240 g/mol. The van der Waals surface area contributed by atoms with Crippen molar-refractivity contribution in [2.45, 2.75) is 12.5 Å². The summed E-state index contributed by atoms with van der Waals surface area (Å²) in [6.45, 7) is 0.709. The lowest BCUT2D eigenvalue weighted by molar-refractivity contribution is 0.0979. The van der Waals surface area contributed by atoms with E-state index in [0.717, 1.165) is 12.1 Å². The Morgan fingerprint density at radius 1 is 1.42 bits per heavy atom. The maximum atomic E-state index is 12.5. The number of carbonyl (C=O) groups excluding carboxylic acids is 1. The molecule has 0 aliphatic carbocycles. The van der Waals surface area contributed by atoms with Gasteiger partial charge in [0.15, 0.2) is 0 Å². The summed E-state index contributed by atoms with van der Waals surface area (Å²) in [6, 6.07) is 10.0. The van der Waals surface area contributed by atoms with Crippen molar-refractivity contribution in [1.82, 2.24) is 15.5 Å². The van der Waals surface area contributed by atoms with E-state index in [1.807, 2.05) is 30.1 Å². The van der Waals surface area contributed by atoms with E-state index in [-0.39, 0.29) is 5.91 Å². The molecule has 1 aromatic carbocycles. The summed E-state index contributed by atoms with van der Waals surface area (Å²) in [4.78, 5) is 14.3. The number of carbonyl (C=O) groups is 1. The third kappa shape index (κ3) is 2.02. The number of amides is 1. The fraction of sp³-hybridized carbons (Fsp3) is 0.286. The van der Waals surface area contributed by atoms with E-state index in [1.54, 1.807) is 12.3 Å². The highest BCUT2D eigenvalue weighted by molar-refractivity contribution is 6.05. The zero-order valence-electron chi connectivity index (χ0n) is 10.8. The van der Waals surface area contributed by atoms with Crippen molar-refractivity contribution >= 4 is 11.6 Å². The molecule has 1 amide bonds. The normalized spacial score (nSPS) is 18.2. The van der Waals surface area contributed by atoms with E-state index >= 15 is 0 Å². The molecule has 0 radical (unpaired) electrons. The van der Waals surface area contributed by atoms with Crippen LogP contribution in [0.4, 0.5) is 5.69 Å². The predicted molar refractivity (Wildman–Crippen MR) is 73.1 cm³/mol. The van der Waals surface area contributed by atoms with E-state index in [9.17, 15) is 4.79 Å². The highest BCUT2D eigenvalue weighted by Crippen LogP contribution is 2.33. The summed E-state index contributed by atoms with van der Waals surface area (Å²) in [5.41, 5.74) is 2.68. The molecule has 0 saturated heterocycles. The van der Waals surface area contributed by atoms with Crippen LogP contribution in [0, 0.1) is 0 Å². The first-order valence-corrected chi connectivity index (χ1v) is 6.38. The molecule has 1 atom stereocenters. The van der Waals surface area contributed by atoms with E-state index in [4.69, 9.17) is 0 Å². The van der Waals surface area contributed by atoms with Crippen LogP contribution < -0.4 is 10.2 Å². The lowest BCUT2D eigenvalue weighted by atomic mass is 9.96. The standard InChI is InChI=1S/C14H16N4O/c1-15-11-7-9-18(13-5-3-2-4-10(11)13)14(19)12-6-8-16-17-12/h2-6,8,11,15H,7,9H2,1H3,(H,16,17). The largest absolute Gasteiger partial charge is 0.313 e. The van der Waals surface area contributed by atoms with Gasteiger partial charge < -0.3 is 10.2 Å². The Labute approximate surface area is 111 Å². The SMILES string of the molecule is CNC1CCN(C(=O)c2ccn[nH]2)c2ccccc21. The second kappa shape index (κ2) is 4.85. The Balaban J connectivity index is 1.98. The molecule has 0 bridgehead atoms. The molecule has 1 aliphatic rings. The zero-order chi connectivity index (χ0) is 13.2. The summed E-state index contributed by atoms with van der Waals surface area (Å²) in [7, 11) is 1.95. The van der Waals surface area contributed by atoms with Crippen LogP contribution in [0.2, 0.25) is 0 Å². The maximum Gasteiger partial charge on any atom is 0.276 e. The van der Waals surface area contributed by atoms with Gasteiger partial charge in [-0.15, -0.1) is 0 Å². The molecule has 19 heavy (non-hydrogen) atoms. The van der Waals surface area contributed by atoms with Gasteiger partial charge >= 0.3 is 0 Å². The minimum absolute atomic E-state index is 0.0282. The minimum atomic E-state index is -0.0282. The van der Waals surface area contributed by atoms with Crippen molar-refractivity contribution in [3.8, 4) is 0 Å². The van der Waals surface area contributed by atoms with Crippen molar-refractivity contribution in [2.75, 3.05) is 18.5 Å². The van der Waals surface area contributed by atoms with Crippen molar-refractivity contribution in [2.24, 2.45) is 0 Å². The monoisotopic (exact) mass is 256 g/mol. The van der Waals surface area contributed by atoms with E-state index < -0.39 is 0 Å². The molecule has 1 unspecified atom stereocenters. The van der Waals surface area contributed by atoms with Crippen LogP contribution >= 0.6 is 0 Å². The van der Waals surface area contributed by atoms with Crippen molar-refractivity contribution in [1.29, 1.82) is 0 Å². The fourth-order valence-corrected chi connectivity index (χ4v) is 2.59. The van der Waals surface area contributed by atoms with E-state index in [1.165, 1.54) is 5.56 Å². The maximum absolute atomic E-state index is 12.5. The Kier molecular flexibility index (Phi) is 3.05. The number of benzene rings is 1. The Hall–Kier alpha value is -2.14. The summed E-state index contributed by atoms with van der Waals surface area (Å²) in [5, 5.41) is 9.87. The molecule has 2 N–H and O–H groups in total. The van der Waals surface area contributed by atoms with Crippen LogP contribution in [0.3, 0.4) is 0 Å². The van der Waals surface area contributed by atoms with Crippen LogP contribution in [-0.4, -0.2) is 29.7 Å². The fourth-order valence-electron chi connectivity index (χ4n) is 2.59. The highest BCUT2D eigenvalue weighted by Gasteiger charge is 2.28. The van der Waals surface area contributed by atoms with Gasteiger partial charge in [-0.2, -0.15) is 5.10 Å². The third-order valence-electron chi connectivity index (χ3n) is 3.57. The van der Waals surface area contributed by atoms with E-state index in [2.05, 4.69) is 21.6 Å². The smallest absolute Gasteiger partial charge is 0.276 e. The minimum Gasteiger partial charge on any atom is -0.313 e. The number of nitrogens with zero attached hydrogens (tertiary/aromatic N) is 2. The van der Waals surface area contributed by atoms with Gasteiger partial charge in [-0.25, -0.2) is 0 Å². The third-order valence-corrected chi connectivity index (χ3v) is 3.57. The molecule has 0 saturated carbocycles. The number of para-hydroxylation sites is 1. The number of nitrogens with one attached hydrogen (secondary N) is 2. The van der Waals surface area contributed by atoms with Gasteiger partial charge in [-0.1, -0.05) is 18.2 Å². The van der Waals surface area contributed by atoms with Crippen LogP contribution in [0.25, 0.3) is 0 Å². The molecular formula is C14H16N4O.